The van der Waals surface area contributed by atoms with Crippen LogP contribution < -0.4 is 0 Å². The predicted molar refractivity (Wildman–Crippen MR) is 61.0 cm³/mol. The van der Waals surface area contributed by atoms with Gasteiger partial charge < -0.3 is 0 Å². The number of nitrogens with one attached hydrogen (secondary N) is 1. The van der Waals surface area contributed by atoms with Crippen molar-refractivity contribution < 1.29 is 0 Å². The Labute approximate surface area is 101 Å². The van der Waals surface area contributed by atoms with E-state index in [9.17, 15) is 0 Å². The molecule has 0 amide bonds. The van der Waals surface area contributed by atoms with Gasteiger partial charge in [-0.25, -0.2) is 0 Å². The monoisotopic (exact) mass is 297 g/mol. The van der Waals surface area contributed by atoms with Gasteiger partial charge in [-0.05, 0) is 0 Å². The number of nitrogens with zero attached hydrogens (tertiary/aromatic N) is 2. The Morgan fingerprint density at radius 2 is 2.14 bits per heavy atom. The van der Waals surface area contributed by atoms with E-state index in [0.717, 1.165) is 5.82 Å². The molecule has 1 aromatic heterocycles. The molecular formula is C10H20InN3. The van der Waals surface area contributed by atoms with Gasteiger partial charge in [0.15, 0.2) is 0 Å². The van der Waals surface area contributed by atoms with Gasteiger partial charge in [0.2, 0.25) is 0 Å². The molecular weight excluding hydrogens is 277 g/mol. The van der Waals surface area contributed by atoms with E-state index in [1.165, 1.54) is 38.5 Å². The molecule has 1 N–H and O–H groups in total. The van der Waals surface area contributed by atoms with Crippen LogP contribution in [0.2, 0.25) is 0 Å². The van der Waals surface area contributed by atoms with Crippen LogP contribution in [0.4, 0.5) is 0 Å². The van der Waals surface area contributed by atoms with Crippen molar-refractivity contribution in [2.24, 2.45) is 0 Å². The summed E-state index contributed by atoms with van der Waals surface area (Å²) in [6.45, 7) is 2.26. The summed E-state index contributed by atoms with van der Waals surface area (Å²) in [7, 11) is 0. The third-order valence-electron chi connectivity index (χ3n) is 2.62. The van der Waals surface area contributed by atoms with Crippen LogP contribution in [0.1, 0.15) is 54.9 Å². The van der Waals surface area contributed by atoms with Crippen LogP contribution in [0.5, 0.6) is 0 Å². The molecule has 0 saturated heterocycles. The molecule has 0 spiro atoms. The number of aromatic nitrogens is 3. The standard InChI is InChI=1S/C10H18N3.In.2H/c1-2-3-4-5-6-7-8-10-11-9-12-13-10;;;/h8-9H,2-7H2,1H3,(H,11,12,13);;;. The van der Waals surface area contributed by atoms with Gasteiger partial charge in [-0.3, -0.25) is 0 Å². The Morgan fingerprint density at radius 3 is 2.79 bits per heavy atom. The molecule has 0 radical (unpaired) electrons. The number of unbranched alkanes of at least 4 members (excludes halogenated alkanes) is 4. The zero-order chi connectivity index (χ0) is 10.2. The molecule has 1 heterocycles. The summed E-state index contributed by atoms with van der Waals surface area (Å²) < 4.78 is 0.713. The number of hydrogen-bond donors (Lipinski definition) is 1. The van der Waals surface area contributed by atoms with Gasteiger partial charge >= 0.3 is 101 Å². The van der Waals surface area contributed by atoms with E-state index in [0.29, 0.717) is 28.0 Å². The minimum atomic E-state index is 0.638. The molecule has 1 aromatic rings. The second-order valence-electron chi connectivity index (χ2n) is 3.96. The molecule has 0 saturated carbocycles. The van der Waals surface area contributed by atoms with Gasteiger partial charge in [0.25, 0.3) is 0 Å². The van der Waals surface area contributed by atoms with E-state index >= 15 is 0 Å². The van der Waals surface area contributed by atoms with Crippen LogP contribution in [-0.4, -0.2) is 39.6 Å². The van der Waals surface area contributed by atoms with Gasteiger partial charge in [0.1, 0.15) is 0 Å². The Balaban J connectivity index is 2.07. The summed E-state index contributed by atoms with van der Waals surface area (Å²) in [4.78, 5) is 4.22. The van der Waals surface area contributed by atoms with Crippen molar-refractivity contribution in [1.82, 2.24) is 15.2 Å². The van der Waals surface area contributed by atoms with Crippen molar-refractivity contribution in [2.45, 2.75) is 49.1 Å². The van der Waals surface area contributed by atoms with Gasteiger partial charge in [-0.15, -0.1) is 0 Å². The third kappa shape index (κ3) is 4.49. The number of rotatable bonds is 7. The van der Waals surface area contributed by atoms with E-state index in [4.69, 9.17) is 0 Å². The predicted octanol–water partition coefficient (Wildman–Crippen LogP) is 1.84. The van der Waals surface area contributed by atoms with Crippen molar-refractivity contribution in [3.63, 3.8) is 0 Å². The maximum absolute atomic E-state index is 4.22. The Morgan fingerprint density at radius 1 is 1.36 bits per heavy atom. The SMILES string of the molecule is CCCCCCC[CH]([InH2])c1nc[nH]n1. The number of hydrogen-bond acceptors (Lipinski definition) is 2. The molecule has 0 aliphatic heterocycles. The molecule has 1 rings (SSSR count). The molecule has 0 bridgehead atoms. The quantitative estimate of drug-likeness (QED) is 0.780. The van der Waals surface area contributed by atoms with Crippen LogP contribution >= 0.6 is 0 Å². The average Bonchev–Trinajstić information content (AvgIpc) is 2.70. The summed E-state index contributed by atoms with van der Waals surface area (Å²) in [6.07, 6.45) is 9.84. The van der Waals surface area contributed by atoms with Gasteiger partial charge in [-0.2, -0.15) is 0 Å². The fourth-order valence-electron chi connectivity index (χ4n) is 1.64. The average molecular weight is 297 g/mol. The fraction of sp³-hybridized carbons (Fsp3) is 0.800. The van der Waals surface area contributed by atoms with E-state index in [1.54, 1.807) is 6.33 Å². The molecule has 14 heavy (non-hydrogen) atoms. The van der Waals surface area contributed by atoms with Gasteiger partial charge in [0, 0.05) is 0 Å². The molecule has 3 nitrogen and oxygen atoms in total. The van der Waals surface area contributed by atoms with Crippen LogP contribution in [0.15, 0.2) is 6.33 Å². The van der Waals surface area contributed by atoms with Crippen molar-refractivity contribution in [2.75, 3.05) is 0 Å². The zero-order valence-corrected chi connectivity index (χ0v) is 15.0. The van der Waals surface area contributed by atoms with Crippen LogP contribution in [0.25, 0.3) is 0 Å². The Hall–Kier alpha value is 0.0101. The molecule has 0 aliphatic rings. The first kappa shape index (κ1) is 12.1. The first-order valence-corrected chi connectivity index (χ1v) is 8.99. The second kappa shape index (κ2) is 7.32. The first-order valence-electron chi connectivity index (χ1n) is 5.70. The molecule has 0 aromatic carbocycles. The summed E-state index contributed by atoms with van der Waals surface area (Å²) in [5, 5.41) is 6.94. The van der Waals surface area contributed by atoms with E-state index < -0.39 is 0 Å². The normalized spacial score (nSPS) is 12.9. The molecule has 0 aliphatic carbocycles. The second-order valence-corrected chi connectivity index (χ2v) is 7.94. The maximum atomic E-state index is 4.22. The van der Waals surface area contributed by atoms with Crippen LogP contribution in [0, 0.1) is 0 Å². The van der Waals surface area contributed by atoms with Crippen molar-refractivity contribution in [3.8, 4) is 0 Å². The zero-order valence-electron chi connectivity index (χ0n) is 9.29. The van der Waals surface area contributed by atoms with Gasteiger partial charge in [-0.1, -0.05) is 0 Å². The molecule has 0 fully saturated rings. The fourth-order valence-corrected chi connectivity index (χ4v) is 3.60. The first-order chi connectivity index (χ1) is 6.84. The van der Waals surface area contributed by atoms with Crippen LogP contribution in [0.3, 0.4) is 0 Å². The number of H-pyrrole nitrogens is 1. The Kier molecular flexibility index (Phi) is 6.32. The summed E-state index contributed by atoms with van der Waals surface area (Å²) in [5.41, 5.74) is 0. The van der Waals surface area contributed by atoms with Crippen molar-refractivity contribution >= 4 is 24.4 Å². The molecule has 4 heteroatoms. The molecule has 1 unspecified atom stereocenters. The van der Waals surface area contributed by atoms with E-state index in [-0.39, 0.29) is 0 Å². The van der Waals surface area contributed by atoms with E-state index in [1.807, 2.05) is 0 Å². The Bertz CT molecular complexity index is 223. The third-order valence-corrected chi connectivity index (χ3v) is 5.74. The molecule has 1 atom stereocenters. The van der Waals surface area contributed by atoms with Crippen molar-refractivity contribution in [1.29, 1.82) is 0 Å². The number of aromatic amines is 1. The topological polar surface area (TPSA) is 41.6 Å². The van der Waals surface area contributed by atoms with E-state index in [2.05, 4.69) is 22.1 Å². The van der Waals surface area contributed by atoms with Crippen molar-refractivity contribution in [3.05, 3.63) is 12.2 Å². The summed E-state index contributed by atoms with van der Waals surface area (Å²) in [6, 6.07) is 0. The van der Waals surface area contributed by atoms with Crippen LogP contribution in [-0.2, 0) is 0 Å². The molecule has 78 valence electrons. The summed E-state index contributed by atoms with van der Waals surface area (Å²) >= 11 is 0.638. The summed E-state index contributed by atoms with van der Waals surface area (Å²) in [5.74, 6) is 1.05. The minimum absolute atomic E-state index is 0.638. The van der Waals surface area contributed by atoms with Gasteiger partial charge in [0.05, 0.1) is 0 Å².